The minimum absolute atomic E-state index is 0.161. The van der Waals surface area contributed by atoms with Crippen LogP contribution in [0.15, 0.2) is 48.5 Å². The van der Waals surface area contributed by atoms with E-state index in [2.05, 4.69) is 9.88 Å². The maximum absolute atomic E-state index is 14.7. The Morgan fingerprint density at radius 3 is 2.66 bits per heavy atom. The number of aryl methyl sites for hydroxylation is 1. The Kier molecular flexibility index (Phi) is 5.28. The number of rotatable bonds is 7. The molecule has 1 fully saturated rings. The molecule has 0 bridgehead atoms. The minimum Gasteiger partial charge on any atom is -0.486 e. The Labute approximate surface area is 171 Å². The van der Waals surface area contributed by atoms with E-state index in [4.69, 9.17) is 4.74 Å². The summed E-state index contributed by atoms with van der Waals surface area (Å²) in [4.78, 5) is 6.61. The number of ether oxygens (including phenoxy) is 1. The van der Waals surface area contributed by atoms with Crippen LogP contribution in [0, 0.1) is 18.2 Å². The van der Waals surface area contributed by atoms with Crippen LogP contribution in [-0.4, -0.2) is 41.7 Å². The maximum atomic E-state index is 14.7. The number of halogens is 1. The molecule has 0 radical (unpaired) electrons. The highest BCUT2D eigenvalue weighted by Gasteiger charge is 2.53. The minimum atomic E-state index is -0.368. The van der Waals surface area contributed by atoms with Gasteiger partial charge in [-0.15, -0.1) is 0 Å². The van der Waals surface area contributed by atoms with E-state index in [1.54, 1.807) is 6.07 Å². The number of fused-ring (bicyclic) bond motifs is 1. The second kappa shape index (κ2) is 7.73. The summed E-state index contributed by atoms with van der Waals surface area (Å²) in [6.45, 7) is 3.02. The topological polar surface area (TPSA) is 45.6 Å². The SMILES string of the molecule is Cc1cc(COc2ccc(C[C@]3(CN(C)C)C[C@@H]3O)cc2F)c2ccccc2n1. The van der Waals surface area contributed by atoms with Crippen LogP contribution < -0.4 is 4.74 Å². The van der Waals surface area contributed by atoms with Gasteiger partial charge in [-0.3, -0.25) is 4.98 Å². The van der Waals surface area contributed by atoms with E-state index in [-0.39, 0.29) is 29.7 Å². The van der Waals surface area contributed by atoms with E-state index in [0.29, 0.717) is 6.42 Å². The first-order valence-corrected chi connectivity index (χ1v) is 9.96. The second-order valence-electron chi connectivity index (χ2n) is 8.49. The first-order chi connectivity index (χ1) is 13.9. The Balaban J connectivity index is 1.48. The zero-order valence-electron chi connectivity index (χ0n) is 17.2. The van der Waals surface area contributed by atoms with Gasteiger partial charge in [0.15, 0.2) is 11.6 Å². The number of nitrogens with zero attached hydrogens (tertiary/aromatic N) is 2. The van der Waals surface area contributed by atoms with Crippen molar-refractivity contribution in [2.24, 2.45) is 5.41 Å². The normalized spacial score (nSPS) is 21.0. The van der Waals surface area contributed by atoms with Gasteiger partial charge in [0.2, 0.25) is 0 Å². The molecule has 1 aliphatic rings. The van der Waals surface area contributed by atoms with Crippen molar-refractivity contribution in [2.45, 2.75) is 32.5 Å². The quantitative estimate of drug-likeness (QED) is 0.655. The van der Waals surface area contributed by atoms with Crippen LogP contribution in [0.5, 0.6) is 5.75 Å². The van der Waals surface area contributed by atoms with Gasteiger partial charge in [-0.2, -0.15) is 0 Å². The summed E-state index contributed by atoms with van der Waals surface area (Å²) in [6.07, 6.45) is 1.11. The summed E-state index contributed by atoms with van der Waals surface area (Å²) < 4.78 is 20.5. The van der Waals surface area contributed by atoms with Gasteiger partial charge in [0.1, 0.15) is 6.61 Å². The maximum Gasteiger partial charge on any atom is 0.165 e. The molecule has 4 nitrogen and oxygen atoms in total. The highest BCUT2D eigenvalue weighted by atomic mass is 19.1. The van der Waals surface area contributed by atoms with E-state index >= 15 is 0 Å². The van der Waals surface area contributed by atoms with Crippen molar-refractivity contribution in [3.8, 4) is 5.75 Å². The summed E-state index contributed by atoms with van der Waals surface area (Å²) in [5, 5.41) is 11.1. The van der Waals surface area contributed by atoms with Crippen LogP contribution in [0.4, 0.5) is 4.39 Å². The average Bonchev–Trinajstić information content (AvgIpc) is 3.27. The molecule has 152 valence electrons. The van der Waals surface area contributed by atoms with Crippen LogP contribution in [-0.2, 0) is 13.0 Å². The summed E-state index contributed by atoms with van der Waals surface area (Å²) >= 11 is 0. The second-order valence-corrected chi connectivity index (χ2v) is 8.49. The molecule has 5 heteroatoms. The number of aliphatic hydroxyl groups is 1. The number of benzene rings is 2. The smallest absolute Gasteiger partial charge is 0.165 e. The number of aromatic nitrogens is 1. The predicted molar refractivity (Wildman–Crippen MR) is 113 cm³/mol. The molecule has 0 unspecified atom stereocenters. The molecular formula is C24H27FN2O2. The van der Waals surface area contributed by atoms with Crippen LogP contribution in [0.3, 0.4) is 0 Å². The third-order valence-electron chi connectivity index (χ3n) is 5.64. The largest absolute Gasteiger partial charge is 0.486 e. The van der Waals surface area contributed by atoms with Crippen molar-refractivity contribution in [3.63, 3.8) is 0 Å². The van der Waals surface area contributed by atoms with Crippen molar-refractivity contribution in [3.05, 3.63) is 71.2 Å². The fraction of sp³-hybridized carbons (Fsp3) is 0.375. The van der Waals surface area contributed by atoms with E-state index in [0.717, 1.165) is 40.7 Å². The van der Waals surface area contributed by atoms with Gasteiger partial charge in [-0.1, -0.05) is 24.3 Å². The standard InChI is InChI=1S/C24H27FN2O2/c1-16-10-18(19-6-4-5-7-21(19)26-16)14-29-22-9-8-17(11-20(22)25)12-24(13-23(24)28)15-27(2)3/h4-11,23,28H,12-15H2,1-3H3/t23-,24+/m0/s1. The lowest BCUT2D eigenvalue weighted by atomic mass is 9.95. The van der Waals surface area contributed by atoms with Crippen LogP contribution in [0.1, 0.15) is 23.2 Å². The number of pyridine rings is 1. The van der Waals surface area contributed by atoms with E-state index < -0.39 is 0 Å². The van der Waals surface area contributed by atoms with Crippen molar-refractivity contribution >= 4 is 10.9 Å². The van der Waals surface area contributed by atoms with Gasteiger partial charge in [-0.25, -0.2) is 4.39 Å². The molecule has 0 spiro atoms. The lowest BCUT2D eigenvalue weighted by molar-refractivity contribution is 0.188. The predicted octanol–water partition coefficient (Wildman–Crippen LogP) is 4.12. The van der Waals surface area contributed by atoms with Crippen molar-refractivity contribution < 1.29 is 14.2 Å². The van der Waals surface area contributed by atoms with Crippen LogP contribution >= 0.6 is 0 Å². The van der Waals surface area contributed by atoms with E-state index in [1.807, 2.05) is 57.4 Å². The van der Waals surface area contributed by atoms with E-state index in [1.165, 1.54) is 6.07 Å². The molecule has 29 heavy (non-hydrogen) atoms. The molecule has 0 amide bonds. The van der Waals surface area contributed by atoms with Gasteiger partial charge in [-0.05, 0) is 63.7 Å². The summed E-state index contributed by atoms with van der Waals surface area (Å²) in [6, 6.07) is 15.0. The third kappa shape index (κ3) is 4.26. The van der Waals surface area contributed by atoms with Crippen LogP contribution in [0.25, 0.3) is 10.9 Å². The zero-order chi connectivity index (χ0) is 20.6. The average molecular weight is 394 g/mol. The zero-order valence-corrected chi connectivity index (χ0v) is 17.2. The monoisotopic (exact) mass is 394 g/mol. The van der Waals surface area contributed by atoms with Gasteiger partial charge < -0.3 is 14.7 Å². The molecule has 1 aliphatic carbocycles. The Morgan fingerprint density at radius 2 is 1.97 bits per heavy atom. The van der Waals surface area contributed by atoms with Gasteiger partial charge in [0, 0.05) is 28.6 Å². The van der Waals surface area contributed by atoms with Crippen molar-refractivity contribution in [1.82, 2.24) is 9.88 Å². The van der Waals surface area contributed by atoms with Crippen molar-refractivity contribution in [2.75, 3.05) is 20.6 Å². The summed E-state index contributed by atoms with van der Waals surface area (Å²) in [5.74, 6) is -0.127. The molecule has 4 rings (SSSR count). The Hall–Kier alpha value is -2.50. The molecule has 0 aliphatic heterocycles. The fourth-order valence-electron chi connectivity index (χ4n) is 4.22. The number of hydrogen-bond acceptors (Lipinski definition) is 4. The highest BCUT2D eigenvalue weighted by molar-refractivity contribution is 5.82. The molecule has 2 aromatic carbocycles. The molecule has 3 aromatic rings. The molecule has 1 saturated carbocycles. The fourth-order valence-corrected chi connectivity index (χ4v) is 4.22. The molecule has 1 N–H and O–H groups in total. The molecule has 1 aromatic heterocycles. The molecule has 0 saturated heterocycles. The summed E-state index contributed by atoms with van der Waals surface area (Å²) in [5.41, 5.74) is 3.54. The number of hydrogen-bond donors (Lipinski definition) is 1. The number of aliphatic hydroxyl groups excluding tert-OH is 1. The van der Waals surface area contributed by atoms with Gasteiger partial charge >= 0.3 is 0 Å². The van der Waals surface area contributed by atoms with E-state index in [9.17, 15) is 9.50 Å². The highest BCUT2D eigenvalue weighted by Crippen LogP contribution is 2.49. The Morgan fingerprint density at radius 1 is 1.21 bits per heavy atom. The lowest BCUT2D eigenvalue weighted by Gasteiger charge is -2.21. The van der Waals surface area contributed by atoms with Gasteiger partial charge in [0.05, 0.1) is 11.6 Å². The lowest BCUT2D eigenvalue weighted by Crippen LogP contribution is -2.27. The molecule has 1 heterocycles. The van der Waals surface area contributed by atoms with Crippen molar-refractivity contribution in [1.29, 1.82) is 0 Å². The molecule has 2 atom stereocenters. The third-order valence-corrected chi connectivity index (χ3v) is 5.64. The first-order valence-electron chi connectivity index (χ1n) is 9.96. The molecular weight excluding hydrogens is 367 g/mol. The summed E-state index contributed by atoms with van der Waals surface area (Å²) in [7, 11) is 3.99. The number of para-hydroxylation sites is 1. The Bertz CT molecular complexity index is 1040. The van der Waals surface area contributed by atoms with Gasteiger partial charge in [0.25, 0.3) is 0 Å². The van der Waals surface area contributed by atoms with Crippen LogP contribution in [0.2, 0.25) is 0 Å². The first kappa shape index (κ1) is 19.8.